The maximum Gasteiger partial charge on any atom is 0.317 e. The van der Waals surface area contributed by atoms with Gasteiger partial charge in [0, 0.05) is 0 Å². The number of aromatic nitrogens is 4. The lowest BCUT2D eigenvalue weighted by Gasteiger charge is -2.10. The highest BCUT2D eigenvalue weighted by molar-refractivity contribution is 8.00. The molecule has 0 saturated heterocycles. The summed E-state index contributed by atoms with van der Waals surface area (Å²) >= 11 is 2.84. The van der Waals surface area contributed by atoms with Crippen LogP contribution in [0.2, 0.25) is 0 Å². The molecule has 1 unspecified atom stereocenters. The quantitative estimate of drug-likeness (QED) is 0.657. The first-order valence-electron chi connectivity index (χ1n) is 7.35. The van der Waals surface area contributed by atoms with Gasteiger partial charge in [0.05, 0.1) is 4.88 Å². The van der Waals surface area contributed by atoms with Gasteiger partial charge >= 0.3 is 5.97 Å². The largest absolute Gasteiger partial charge is 0.480 e. The summed E-state index contributed by atoms with van der Waals surface area (Å²) < 4.78 is 1.67. The Bertz CT molecular complexity index is 801. The molecule has 0 bridgehead atoms. The highest BCUT2D eigenvalue weighted by atomic mass is 32.2. The average Bonchev–Trinajstić information content (AvgIpc) is 3.19. The number of carboxylic acids is 1. The molecule has 0 amide bonds. The van der Waals surface area contributed by atoms with Crippen LogP contribution in [0.1, 0.15) is 26.2 Å². The van der Waals surface area contributed by atoms with Crippen LogP contribution in [0.15, 0.2) is 34.7 Å². The summed E-state index contributed by atoms with van der Waals surface area (Å²) in [6, 6.07) is 7.53. The molecule has 0 aromatic carbocycles. The van der Waals surface area contributed by atoms with Crippen LogP contribution in [0, 0.1) is 0 Å². The first-order chi connectivity index (χ1) is 11.2. The van der Waals surface area contributed by atoms with E-state index in [1.807, 2.05) is 23.6 Å². The van der Waals surface area contributed by atoms with Crippen molar-refractivity contribution >= 4 is 34.7 Å². The topological polar surface area (TPSA) is 80.4 Å². The molecule has 0 aliphatic carbocycles. The molecule has 0 aliphatic heterocycles. The van der Waals surface area contributed by atoms with Gasteiger partial charge in [-0.05, 0) is 30.0 Å². The van der Waals surface area contributed by atoms with Gasteiger partial charge in [0.1, 0.15) is 10.3 Å². The van der Waals surface area contributed by atoms with Crippen molar-refractivity contribution in [2.45, 2.75) is 36.5 Å². The molecule has 8 heteroatoms. The fourth-order valence-electron chi connectivity index (χ4n) is 2.16. The Balaban J connectivity index is 1.89. The normalized spacial score (nSPS) is 12.6. The van der Waals surface area contributed by atoms with Crippen LogP contribution in [0.25, 0.3) is 16.3 Å². The molecule has 3 heterocycles. The lowest BCUT2D eigenvalue weighted by atomic mass is 10.2. The van der Waals surface area contributed by atoms with E-state index in [0.717, 1.165) is 17.7 Å². The zero-order chi connectivity index (χ0) is 16.2. The number of nitrogens with zero attached hydrogens (tertiary/aromatic N) is 4. The third kappa shape index (κ3) is 3.53. The highest BCUT2D eigenvalue weighted by Crippen LogP contribution is 2.27. The second-order valence-electron chi connectivity index (χ2n) is 5.03. The van der Waals surface area contributed by atoms with Crippen LogP contribution in [-0.2, 0) is 4.79 Å². The molecule has 120 valence electrons. The van der Waals surface area contributed by atoms with Gasteiger partial charge in [-0.15, -0.1) is 21.5 Å². The molecule has 1 atom stereocenters. The average molecular weight is 348 g/mol. The van der Waals surface area contributed by atoms with Crippen molar-refractivity contribution in [3.05, 3.63) is 29.6 Å². The Morgan fingerprint density at radius 2 is 2.26 bits per heavy atom. The molecule has 0 spiro atoms. The van der Waals surface area contributed by atoms with Crippen molar-refractivity contribution in [2.24, 2.45) is 0 Å². The van der Waals surface area contributed by atoms with Gasteiger partial charge in [-0.3, -0.25) is 4.79 Å². The predicted molar refractivity (Wildman–Crippen MR) is 90.9 cm³/mol. The van der Waals surface area contributed by atoms with Crippen LogP contribution in [0.4, 0.5) is 0 Å². The predicted octanol–water partition coefficient (Wildman–Crippen LogP) is 3.59. The molecule has 0 saturated carbocycles. The van der Waals surface area contributed by atoms with Gasteiger partial charge in [-0.1, -0.05) is 37.6 Å². The van der Waals surface area contributed by atoms with Crippen molar-refractivity contribution in [2.75, 3.05) is 0 Å². The monoisotopic (exact) mass is 348 g/mol. The van der Waals surface area contributed by atoms with E-state index in [0.29, 0.717) is 22.9 Å². The molecule has 6 nitrogen and oxygen atoms in total. The summed E-state index contributed by atoms with van der Waals surface area (Å²) in [6.45, 7) is 2.05. The fraction of sp³-hybridized carbons (Fsp3) is 0.333. The summed E-state index contributed by atoms with van der Waals surface area (Å²) in [5, 5.41) is 24.3. The minimum atomic E-state index is -0.799. The fourth-order valence-corrected chi connectivity index (χ4v) is 3.81. The smallest absolute Gasteiger partial charge is 0.317 e. The number of carbonyl (C=O) groups is 1. The van der Waals surface area contributed by atoms with Gasteiger partial charge < -0.3 is 5.11 Å². The van der Waals surface area contributed by atoms with E-state index < -0.39 is 11.2 Å². The Hall–Kier alpha value is -1.93. The zero-order valence-electron chi connectivity index (χ0n) is 12.5. The third-order valence-corrected chi connectivity index (χ3v) is 5.39. The second kappa shape index (κ2) is 7.10. The Morgan fingerprint density at radius 3 is 2.96 bits per heavy atom. The molecule has 0 fully saturated rings. The van der Waals surface area contributed by atoms with E-state index >= 15 is 0 Å². The lowest BCUT2D eigenvalue weighted by molar-refractivity contribution is -0.136. The van der Waals surface area contributed by atoms with Crippen LogP contribution in [-0.4, -0.2) is 36.1 Å². The number of hydrogen-bond donors (Lipinski definition) is 1. The van der Waals surface area contributed by atoms with Crippen LogP contribution in [0.5, 0.6) is 0 Å². The number of unbranched alkanes of at least 4 members (excludes halogenated alkanes) is 1. The number of hydrogen-bond acceptors (Lipinski definition) is 6. The van der Waals surface area contributed by atoms with E-state index in [9.17, 15) is 9.90 Å². The summed E-state index contributed by atoms with van der Waals surface area (Å²) in [6.07, 6.45) is 2.50. The first kappa shape index (κ1) is 15.9. The van der Waals surface area contributed by atoms with Crippen LogP contribution in [0.3, 0.4) is 0 Å². The molecule has 1 N–H and O–H groups in total. The van der Waals surface area contributed by atoms with Crippen molar-refractivity contribution in [3.63, 3.8) is 0 Å². The lowest BCUT2D eigenvalue weighted by Crippen LogP contribution is -2.16. The van der Waals surface area contributed by atoms with Gasteiger partial charge in [-0.2, -0.15) is 9.61 Å². The van der Waals surface area contributed by atoms with E-state index in [2.05, 4.69) is 22.2 Å². The standard InChI is InChI=1S/C15H16N4O2S2/c1-2-3-5-11(15(20)21)23-13-8-7-12-16-17-14(19(12)18-13)10-6-4-9-22-10/h4,6-9,11H,2-3,5H2,1H3,(H,20,21). The van der Waals surface area contributed by atoms with Gasteiger partial charge in [0.2, 0.25) is 0 Å². The molecule has 3 rings (SSSR count). The summed E-state index contributed by atoms with van der Waals surface area (Å²) in [7, 11) is 0. The van der Waals surface area contributed by atoms with Crippen molar-refractivity contribution in [1.82, 2.24) is 19.8 Å². The van der Waals surface area contributed by atoms with Crippen LogP contribution < -0.4 is 0 Å². The minimum absolute atomic E-state index is 0.485. The number of carboxylic acid groups (broad SMARTS) is 1. The summed E-state index contributed by atoms with van der Waals surface area (Å²) in [5.41, 5.74) is 0.651. The summed E-state index contributed by atoms with van der Waals surface area (Å²) in [4.78, 5) is 12.4. The van der Waals surface area contributed by atoms with Crippen molar-refractivity contribution < 1.29 is 9.90 Å². The summed E-state index contributed by atoms with van der Waals surface area (Å²) in [5.74, 6) is -0.120. The molecule has 0 aliphatic rings. The molecule has 3 aromatic heterocycles. The molecule has 3 aromatic rings. The SMILES string of the molecule is CCCCC(Sc1ccc2nnc(-c3cccs3)n2n1)C(=O)O. The van der Waals surface area contributed by atoms with E-state index in [4.69, 9.17) is 0 Å². The number of aliphatic carboxylic acids is 1. The van der Waals surface area contributed by atoms with Crippen molar-refractivity contribution in [1.29, 1.82) is 0 Å². The molecule has 23 heavy (non-hydrogen) atoms. The Morgan fingerprint density at radius 1 is 1.39 bits per heavy atom. The van der Waals surface area contributed by atoms with E-state index in [1.165, 1.54) is 11.8 Å². The number of thioether (sulfide) groups is 1. The maximum atomic E-state index is 11.4. The third-order valence-electron chi connectivity index (χ3n) is 3.34. The van der Waals surface area contributed by atoms with Gasteiger partial charge in [0.15, 0.2) is 11.5 Å². The highest BCUT2D eigenvalue weighted by Gasteiger charge is 2.20. The maximum absolute atomic E-state index is 11.4. The number of thiophene rings is 1. The molecular formula is C15H16N4O2S2. The number of fused-ring (bicyclic) bond motifs is 1. The van der Waals surface area contributed by atoms with E-state index in [-0.39, 0.29) is 0 Å². The zero-order valence-corrected chi connectivity index (χ0v) is 14.2. The van der Waals surface area contributed by atoms with Crippen molar-refractivity contribution in [3.8, 4) is 10.7 Å². The second-order valence-corrected chi connectivity index (χ2v) is 7.20. The van der Waals surface area contributed by atoms with Crippen LogP contribution >= 0.6 is 23.1 Å². The minimum Gasteiger partial charge on any atom is -0.480 e. The number of rotatable bonds is 7. The first-order valence-corrected chi connectivity index (χ1v) is 9.10. The van der Waals surface area contributed by atoms with E-state index in [1.54, 1.807) is 21.9 Å². The van der Waals surface area contributed by atoms with Gasteiger partial charge in [-0.25, -0.2) is 0 Å². The Kier molecular flexibility index (Phi) is 4.92. The molecular weight excluding hydrogens is 332 g/mol. The molecule has 0 radical (unpaired) electrons. The van der Waals surface area contributed by atoms with Gasteiger partial charge in [0.25, 0.3) is 0 Å². The Labute approximate surface area is 141 Å².